The summed E-state index contributed by atoms with van der Waals surface area (Å²) in [4.78, 5) is 30.8. The number of hydrogen-bond donors (Lipinski definition) is 3. The summed E-state index contributed by atoms with van der Waals surface area (Å²) in [7, 11) is 0. The van der Waals surface area contributed by atoms with Crippen molar-refractivity contribution < 1.29 is 14.4 Å². The number of benzene rings is 1. The Morgan fingerprint density at radius 1 is 1.10 bits per heavy atom. The molecule has 1 heterocycles. The van der Waals surface area contributed by atoms with Crippen LogP contribution in [0.2, 0.25) is 0 Å². The summed E-state index contributed by atoms with van der Waals surface area (Å²) in [6, 6.07) is 10.1. The van der Waals surface area contributed by atoms with E-state index in [1.54, 1.807) is 0 Å². The van der Waals surface area contributed by atoms with E-state index in [9.17, 15) is 14.4 Å². The third-order valence-corrected chi connectivity index (χ3v) is 2.51. The van der Waals surface area contributed by atoms with Gasteiger partial charge in [0.25, 0.3) is 11.8 Å². The van der Waals surface area contributed by atoms with E-state index in [0.717, 1.165) is 12.8 Å². The molecular formula is C14H18ClN3O3. The molecule has 2 rings (SSSR count). The molecule has 4 N–H and O–H groups in total. The average molecular weight is 312 g/mol. The van der Waals surface area contributed by atoms with Crippen LogP contribution in [-0.4, -0.2) is 17.7 Å². The number of rotatable bonds is 4. The lowest BCUT2D eigenvalue weighted by Crippen LogP contribution is -2.29. The Labute approximate surface area is 129 Å². The smallest absolute Gasteiger partial charge is 0.250 e. The number of carbonyl (C=O) groups is 3. The molecule has 1 aromatic carbocycles. The zero-order valence-electron chi connectivity index (χ0n) is 11.4. The second-order valence-corrected chi connectivity index (χ2v) is 4.09. The second kappa shape index (κ2) is 10.6. The minimum Gasteiger partial charge on any atom is -0.294 e. The molecule has 0 aromatic heterocycles. The van der Waals surface area contributed by atoms with E-state index in [1.807, 2.05) is 23.5 Å². The fourth-order valence-electron chi connectivity index (χ4n) is 1.53. The molecule has 114 valence electrons. The summed E-state index contributed by atoms with van der Waals surface area (Å²) in [6.45, 7) is 0. The Kier molecular flexibility index (Phi) is 9.49. The minimum atomic E-state index is -0.329. The number of carbonyl (C=O) groups excluding carboxylic acids is 3. The molecule has 3 amide bonds. The lowest BCUT2D eigenvalue weighted by Gasteiger charge is -2.00. The van der Waals surface area contributed by atoms with Crippen LogP contribution < -0.4 is 16.6 Å². The third kappa shape index (κ3) is 8.56. The van der Waals surface area contributed by atoms with Crippen molar-refractivity contribution in [2.24, 2.45) is 5.84 Å². The molecule has 1 aliphatic rings. The maximum Gasteiger partial charge on any atom is 0.250 e. The standard InChI is InChI=1S/C10H14N2O.C4H3NO2.ClH/c11-12-10(13)8-4-7-9-5-2-1-3-6-9;6-3-1-2-4(7)5-3;/h1-3,5-6H,4,7-8,11H2,(H,12,13);1-2H,(H,5,6,7);1H. The first kappa shape index (κ1) is 18.8. The SMILES string of the molecule is Cl.NNC(=O)CCCc1ccccc1.O=C1C=CC(=O)N1. The van der Waals surface area contributed by atoms with Crippen LogP contribution in [0.5, 0.6) is 0 Å². The molecule has 0 atom stereocenters. The van der Waals surface area contributed by atoms with E-state index in [0.29, 0.717) is 6.42 Å². The molecule has 6 nitrogen and oxygen atoms in total. The Hall–Kier alpha value is -2.18. The van der Waals surface area contributed by atoms with Gasteiger partial charge in [-0.1, -0.05) is 30.3 Å². The molecule has 1 aromatic rings. The molecule has 0 unspecified atom stereocenters. The fraction of sp³-hybridized carbons (Fsp3) is 0.214. The van der Waals surface area contributed by atoms with Gasteiger partial charge in [-0.25, -0.2) is 5.84 Å². The van der Waals surface area contributed by atoms with E-state index in [2.05, 4.69) is 17.6 Å². The maximum absolute atomic E-state index is 10.8. The van der Waals surface area contributed by atoms with Gasteiger partial charge >= 0.3 is 0 Å². The Morgan fingerprint density at radius 3 is 2.10 bits per heavy atom. The molecule has 0 aliphatic carbocycles. The Balaban J connectivity index is 0.000000425. The lowest BCUT2D eigenvalue weighted by atomic mass is 10.1. The molecule has 0 radical (unpaired) electrons. The molecule has 0 spiro atoms. The number of nitrogens with one attached hydrogen (secondary N) is 2. The number of aryl methyl sites for hydroxylation is 1. The average Bonchev–Trinajstić information content (AvgIpc) is 2.84. The molecule has 1 aliphatic heterocycles. The molecule has 0 bridgehead atoms. The number of halogens is 1. The van der Waals surface area contributed by atoms with Gasteiger partial charge in [-0.2, -0.15) is 0 Å². The van der Waals surface area contributed by atoms with Crippen LogP contribution in [-0.2, 0) is 20.8 Å². The highest BCUT2D eigenvalue weighted by Crippen LogP contribution is 2.03. The van der Waals surface area contributed by atoms with E-state index < -0.39 is 0 Å². The summed E-state index contributed by atoms with van der Waals surface area (Å²) >= 11 is 0. The van der Waals surface area contributed by atoms with Gasteiger partial charge in [0.2, 0.25) is 5.91 Å². The highest BCUT2D eigenvalue weighted by Gasteiger charge is 2.06. The number of imide groups is 1. The van der Waals surface area contributed by atoms with Gasteiger partial charge in [0, 0.05) is 18.6 Å². The van der Waals surface area contributed by atoms with Gasteiger partial charge in [0.1, 0.15) is 0 Å². The summed E-state index contributed by atoms with van der Waals surface area (Å²) < 4.78 is 0. The maximum atomic E-state index is 10.8. The first-order valence-electron chi connectivity index (χ1n) is 6.18. The monoisotopic (exact) mass is 311 g/mol. The van der Waals surface area contributed by atoms with Gasteiger partial charge in [0.15, 0.2) is 0 Å². The predicted molar refractivity (Wildman–Crippen MR) is 81.2 cm³/mol. The van der Waals surface area contributed by atoms with Crippen LogP contribution in [0.3, 0.4) is 0 Å². The number of hydrogen-bond acceptors (Lipinski definition) is 4. The van der Waals surface area contributed by atoms with Crippen LogP contribution in [0.4, 0.5) is 0 Å². The van der Waals surface area contributed by atoms with Gasteiger partial charge in [-0.15, -0.1) is 12.4 Å². The van der Waals surface area contributed by atoms with Crippen LogP contribution in [0.1, 0.15) is 18.4 Å². The van der Waals surface area contributed by atoms with Crippen molar-refractivity contribution in [2.75, 3.05) is 0 Å². The van der Waals surface area contributed by atoms with Gasteiger partial charge in [0.05, 0.1) is 0 Å². The van der Waals surface area contributed by atoms with Crippen LogP contribution in [0, 0.1) is 0 Å². The largest absolute Gasteiger partial charge is 0.294 e. The van der Waals surface area contributed by atoms with Gasteiger partial charge < -0.3 is 0 Å². The van der Waals surface area contributed by atoms with E-state index in [4.69, 9.17) is 5.84 Å². The molecule has 0 saturated heterocycles. The quantitative estimate of drug-likeness (QED) is 0.328. The van der Waals surface area contributed by atoms with Gasteiger partial charge in [-0.05, 0) is 18.4 Å². The van der Waals surface area contributed by atoms with Crippen LogP contribution >= 0.6 is 12.4 Å². The van der Waals surface area contributed by atoms with Crippen molar-refractivity contribution in [1.82, 2.24) is 10.7 Å². The highest BCUT2D eigenvalue weighted by molar-refractivity contribution is 6.12. The molecule has 7 heteroatoms. The zero-order chi connectivity index (χ0) is 14.8. The van der Waals surface area contributed by atoms with Gasteiger partial charge in [-0.3, -0.25) is 25.1 Å². The van der Waals surface area contributed by atoms with E-state index in [1.165, 1.54) is 17.7 Å². The first-order chi connectivity index (χ1) is 9.61. The topological polar surface area (TPSA) is 101 Å². The minimum absolute atomic E-state index is 0. The lowest BCUT2D eigenvalue weighted by molar-refractivity contribution is -0.123. The van der Waals surface area contributed by atoms with Crippen molar-refractivity contribution in [3.63, 3.8) is 0 Å². The number of hydrazine groups is 1. The predicted octanol–water partition coefficient (Wildman–Crippen LogP) is 0.620. The van der Waals surface area contributed by atoms with Crippen molar-refractivity contribution in [3.05, 3.63) is 48.0 Å². The first-order valence-corrected chi connectivity index (χ1v) is 6.18. The summed E-state index contributed by atoms with van der Waals surface area (Å²) in [5.74, 6) is 4.19. The zero-order valence-corrected chi connectivity index (χ0v) is 12.2. The summed E-state index contributed by atoms with van der Waals surface area (Å²) in [5, 5.41) is 2.03. The van der Waals surface area contributed by atoms with Crippen LogP contribution in [0.15, 0.2) is 42.5 Å². The number of amides is 3. The van der Waals surface area contributed by atoms with Crippen LogP contribution in [0.25, 0.3) is 0 Å². The van der Waals surface area contributed by atoms with Crippen molar-refractivity contribution in [2.45, 2.75) is 19.3 Å². The summed E-state index contributed by atoms with van der Waals surface area (Å²) in [6.07, 6.45) is 4.65. The fourth-order valence-corrected chi connectivity index (χ4v) is 1.53. The third-order valence-electron chi connectivity index (χ3n) is 2.51. The summed E-state index contributed by atoms with van der Waals surface area (Å²) in [5.41, 5.74) is 3.37. The molecule has 21 heavy (non-hydrogen) atoms. The van der Waals surface area contributed by atoms with Crippen molar-refractivity contribution >= 4 is 30.1 Å². The van der Waals surface area contributed by atoms with Crippen molar-refractivity contribution in [1.29, 1.82) is 0 Å². The Bertz CT molecular complexity index is 487. The van der Waals surface area contributed by atoms with E-state index in [-0.39, 0.29) is 30.1 Å². The molecular weight excluding hydrogens is 294 g/mol. The second-order valence-electron chi connectivity index (χ2n) is 4.09. The van der Waals surface area contributed by atoms with E-state index >= 15 is 0 Å². The molecule has 0 saturated carbocycles. The Morgan fingerprint density at radius 2 is 1.67 bits per heavy atom. The molecule has 0 fully saturated rings. The highest BCUT2D eigenvalue weighted by atomic mass is 35.5. The normalized spacial score (nSPS) is 11.9. The van der Waals surface area contributed by atoms with Crippen molar-refractivity contribution in [3.8, 4) is 0 Å². The number of nitrogens with two attached hydrogens (primary N) is 1.